The van der Waals surface area contributed by atoms with Crippen LogP contribution in [0.25, 0.3) is 77.2 Å². The SMILES string of the molecule is c1ccc(-c2ccc(-c3ccccc3-c3ccccc3N(c3ccc(-c4cccc5ccccc45)cc3)c3ccc4ccccc4c3)c(-c3ccccc3)c2)cc1. The molecule has 0 radical (unpaired) electrons. The minimum atomic E-state index is 1.09. The van der Waals surface area contributed by atoms with E-state index in [9.17, 15) is 0 Å². The Hall–Kier alpha value is -7.48. The first-order chi connectivity index (χ1) is 28.3. The third-order valence-electron chi connectivity index (χ3n) is 11.1. The smallest absolute Gasteiger partial charge is 0.0540 e. The van der Waals surface area contributed by atoms with E-state index in [1.54, 1.807) is 0 Å². The van der Waals surface area contributed by atoms with Gasteiger partial charge in [-0.05, 0) is 108 Å². The van der Waals surface area contributed by atoms with Gasteiger partial charge in [0.05, 0.1) is 5.69 Å². The molecule has 1 nitrogen and oxygen atoms in total. The minimum Gasteiger partial charge on any atom is -0.310 e. The molecule has 0 amide bonds. The van der Waals surface area contributed by atoms with Gasteiger partial charge in [0.2, 0.25) is 0 Å². The lowest BCUT2D eigenvalue weighted by atomic mass is 9.87. The fourth-order valence-electron chi connectivity index (χ4n) is 8.31. The fraction of sp³-hybridized carbons (Fsp3) is 0. The Morgan fingerprint density at radius 2 is 0.737 bits per heavy atom. The number of rotatable bonds is 8. The van der Waals surface area contributed by atoms with E-state index < -0.39 is 0 Å². The Labute approximate surface area is 334 Å². The molecule has 0 aliphatic rings. The second kappa shape index (κ2) is 15.0. The van der Waals surface area contributed by atoms with E-state index >= 15 is 0 Å². The van der Waals surface area contributed by atoms with Crippen LogP contribution in [0.1, 0.15) is 0 Å². The molecular formula is C56H39N. The number of hydrogen-bond acceptors (Lipinski definition) is 1. The van der Waals surface area contributed by atoms with Crippen LogP contribution in [-0.2, 0) is 0 Å². The first-order valence-electron chi connectivity index (χ1n) is 19.6. The van der Waals surface area contributed by atoms with E-state index in [-0.39, 0.29) is 0 Å². The van der Waals surface area contributed by atoms with Gasteiger partial charge in [0, 0.05) is 16.9 Å². The molecule has 0 heterocycles. The van der Waals surface area contributed by atoms with Crippen LogP contribution in [0.2, 0.25) is 0 Å². The maximum Gasteiger partial charge on any atom is 0.0540 e. The van der Waals surface area contributed by atoms with Crippen molar-refractivity contribution in [3.05, 3.63) is 237 Å². The van der Waals surface area contributed by atoms with Crippen LogP contribution in [0.15, 0.2) is 237 Å². The van der Waals surface area contributed by atoms with Crippen molar-refractivity contribution in [2.75, 3.05) is 4.90 Å². The number of nitrogens with zero attached hydrogens (tertiary/aromatic N) is 1. The molecule has 0 aromatic heterocycles. The number of para-hydroxylation sites is 1. The summed E-state index contributed by atoms with van der Waals surface area (Å²) in [6.45, 7) is 0. The van der Waals surface area contributed by atoms with Gasteiger partial charge >= 0.3 is 0 Å². The van der Waals surface area contributed by atoms with Crippen molar-refractivity contribution >= 4 is 38.6 Å². The zero-order chi connectivity index (χ0) is 38.0. The van der Waals surface area contributed by atoms with E-state index in [4.69, 9.17) is 0 Å². The van der Waals surface area contributed by atoms with Crippen molar-refractivity contribution in [3.63, 3.8) is 0 Å². The normalized spacial score (nSPS) is 11.2. The molecule has 0 atom stereocenters. The lowest BCUT2D eigenvalue weighted by Crippen LogP contribution is -2.11. The molecule has 1 heteroatoms. The lowest BCUT2D eigenvalue weighted by molar-refractivity contribution is 1.29. The summed E-state index contributed by atoms with van der Waals surface area (Å²) < 4.78 is 0. The van der Waals surface area contributed by atoms with E-state index in [0.29, 0.717) is 0 Å². The topological polar surface area (TPSA) is 3.24 Å². The van der Waals surface area contributed by atoms with Crippen LogP contribution in [-0.4, -0.2) is 0 Å². The van der Waals surface area contributed by atoms with Crippen LogP contribution in [0.4, 0.5) is 17.1 Å². The van der Waals surface area contributed by atoms with E-state index in [0.717, 1.165) is 22.6 Å². The number of fused-ring (bicyclic) bond motifs is 2. The molecule has 0 aliphatic heterocycles. The summed E-state index contributed by atoms with van der Waals surface area (Å²) in [5.41, 5.74) is 15.3. The summed E-state index contributed by atoms with van der Waals surface area (Å²) in [6, 6.07) is 85.7. The van der Waals surface area contributed by atoms with Crippen molar-refractivity contribution < 1.29 is 0 Å². The van der Waals surface area contributed by atoms with Gasteiger partial charge in [-0.25, -0.2) is 0 Å². The van der Waals surface area contributed by atoms with Crippen molar-refractivity contribution in [3.8, 4) is 55.6 Å². The second-order valence-electron chi connectivity index (χ2n) is 14.5. The maximum atomic E-state index is 2.42. The van der Waals surface area contributed by atoms with E-state index in [1.165, 1.54) is 71.6 Å². The highest BCUT2D eigenvalue weighted by molar-refractivity contribution is 6.00. The average Bonchev–Trinajstić information content (AvgIpc) is 3.30. The molecule has 0 unspecified atom stereocenters. The molecule has 10 rings (SSSR count). The van der Waals surface area contributed by atoms with Crippen LogP contribution in [0.5, 0.6) is 0 Å². The van der Waals surface area contributed by atoms with E-state index in [1.807, 2.05) is 0 Å². The van der Waals surface area contributed by atoms with Crippen molar-refractivity contribution in [1.82, 2.24) is 0 Å². The van der Waals surface area contributed by atoms with Gasteiger partial charge in [-0.15, -0.1) is 0 Å². The van der Waals surface area contributed by atoms with Crippen LogP contribution >= 0.6 is 0 Å². The first kappa shape index (κ1) is 34.0. The summed E-state index contributed by atoms with van der Waals surface area (Å²) in [4.78, 5) is 2.42. The fourth-order valence-corrected chi connectivity index (χ4v) is 8.31. The highest BCUT2D eigenvalue weighted by Gasteiger charge is 2.21. The van der Waals surface area contributed by atoms with E-state index in [2.05, 4.69) is 241 Å². The Balaban J connectivity index is 1.15. The molecule has 10 aromatic carbocycles. The van der Waals surface area contributed by atoms with Gasteiger partial charge in [-0.3, -0.25) is 0 Å². The molecule has 0 saturated carbocycles. The average molecular weight is 726 g/mol. The molecule has 0 N–H and O–H groups in total. The van der Waals surface area contributed by atoms with Crippen LogP contribution < -0.4 is 4.90 Å². The zero-order valence-corrected chi connectivity index (χ0v) is 31.5. The first-order valence-corrected chi connectivity index (χ1v) is 19.6. The molecular weight excluding hydrogens is 687 g/mol. The van der Waals surface area contributed by atoms with Crippen molar-refractivity contribution in [2.45, 2.75) is 0 Å². The zero-order valence-electron chi connectivity index (χ0n) is 31.5. The van der Waals surface area contributed by atoms with Gasteiger partial charge in [-0.2, -0.15) is 0 Å². The largest absolute Gasteiger partial charge is 0.310 e. The van der Waals surface area contributed by atoms with Crippen molar-refractivity contribution in [2.24, 2.45) is 0 Å². The quantitative estimate of drug-likeness (QED) is 0.151. The molecule has 0 bridgehead atoms. The van der Waals surface area contributed by atoms with Gasteiger partial charge in [0.25, 0.3) is 0 Å². The number of benzene rings is 10. The molecule has 0 aliphatic carbocycles. The minimum absolute atomic E-state index is 1.09. The predicted molar refractivity (Wildman–Crippen MR) is 243 cm³/mol. The Morgan fingerprint density at radius 3 is 1.51 bits per heavy atom. The van der Waals surface area contributed by atoms with Crippen molar-refractivity contribution in [1.29, 1.82) is 0 Å². The molecule has 0 saturated heterocycles. The molecule has 0 spiro atoms. The van der Waals surface area contributed by atoms with Gasteiger partial charge in [0.15, 0.2) is 0 Å². The molecule has 0 fully saturated rings. The highest BCUT2D eigenvalue weighted by atomic mass is 15.1. The maximum absolute atomic E-state index is 2.42. The monoisotopic (exact) mass is 725 g/mol. The summed E-state index contributed by atoms with van der Waals surface area (Å²) in [7, 11) is 0. The third-order valence-corrected chi connectivity index (χ3v) is 11.1. The second-order valence-corrected chi connectivity index (χ2v) is 14.5. The predicted octanol–water partition coefficient (Wildman–Crippen LogP) is 15.8. The summed E-state index contributed by atoms with van der Waals surface area (Å²) in [6.07, 6.45) is 0. The number of anilines is 3. The summed E-state index contributed by atoms with van der Waals surface area (Å²) in [5, 5.41) is 4.93. The lowest BCUT2D eigenvalue weighted by Gasteiger charge is -2.29. The summed E-state index contributed by atoms with van der Waals surface area (Å²) >= 11 is 0. The Bertz CT molecular complexity index is 2990. The number of hydrogen-bond donors (Lipinski definition) is 0. The van der Waals surface area contributed by atoms with Gasteiger partial charge in [0.1, 0.15) is 0 Å². The Morgan fingerprint density at radius 1 is 0.228 bits per heavy atom. The molecule has 268 valence electrons. The molecule has 57 heavy (non-hydrogen) atoms. The standard InChI is InChI=1S/C56H39N/c1-3-16-40(17-4-1)46-33-37-53(55(39-46)43-19-5-2-6-20-43)51-25-11-12-26-52(51)54-27-13-14-29-56(54)57(48-36-30-41-18-7-8-22-45(41)38-48)47-34-31-44(32-35-47)50-28-15-23-42-21-9-10-24-49(42)50/h1-39H. The van der Waals surface area contributed by atoms with Gasteiger partial charge < -0.3 is 4.90 Å². The summed E-state index contributed by atoms with van der Waals surface area (Å²) in [5.74, 6) is 0. The third kappa shape index (κ3) is 6.56. The van der Waals surface area contributed by atoms with Gasteiger partial charge in [-0.1, -0.05) is 200 Å². The van der Waals surface area contributed by atoms with Crippen LogP contribution in [0, 0.1) is 0 Å². The highest BCUT2D eigenvalue weighted by Crippen LogP contribution is 2.46. The molecule has 10 aromatic rings. The van der Waals surface area contributed by atoms with Crippen LogP contribution in [0.3, 0.4) is 0 Å². The Kier molecular flexibility index (Phi) is 8.95.